The minimum atomic E-state index is -0.702. The average Bonchev–Trinajstić information content (AvgIpc) is 2.30. The molecule has 0 aliphatic heterocycles. The molecule has 0 heterocycles. The minimum absolute atomic E-state index is 0.0338. The summed E-state index contributed by atoms with van der Waals surface area (Å²) in [5, 5.41) is 17.2. The van der Waals surface area contributed by atoms with E-state index in [1.807, 2.05) is 0 Å². The van der Waals surface area contributed by atoms with Gasteiger partial charge in [0.1, 0.15) is 0 Å². The maximum atomic E-state index is 10.6. The molecular weight excluding hydrogens is 259 g/mol. The van der Waals surface area contributed by atoms with Gasteiger partial charge in [-0.2, -0.15) is 0 Å². The van der Waals surface area contributed by atoms with Crippen molar-refractivity contribution in [3.8, 4) is 0 Å². The fourth-order valence-corrected chi connectivity index (χ4v) is 2.55. The zero-order valence-electron chi connectivity index (χ0n) is 11.4. The second kappa shape index (κ2) is 12.6. The van der Waals surface area contributed by atoms with Crippen molar-refractivity contribution < 1.29 is 19.8 Å². The number of unbranched alkanes of at least 4 members (excludes halogenated alkanes) is 7. The van der Waals surface area contributed by atoms with Crippen molar-refractivity contribution in [1.82, 2.24) is 0 Å². The van der Waals surface area contributed by atoms with Gasteiger partial charge in [0.25, 0.3) is 0 Å². The average molecular weight is 282 g/mol. The third kappa shape index (κ3) is 13.0. The normalized spacial score (nSPS) is 12.3. The van der Waals surface area contributed by atoms with Crippen LogP contribution in [0.3, 0.4) is 0 Å². The number of hydrogen-bond donors (Lipinski definition) is 2. The molecule has 100 valence electrons. The Balaban J connectivity index is 3.12. The van der Waals surface area contributed by atoms with Gasteiger partial charge in [0.05, 0.1) is 0 Å². The van der Waals surface area contributed by atoms with Crippen LogP contribution in [0.15, 0.2) is 0 Å². The second-order valence-corrected chi connectivity index (χ2v) is 7.18. The van der Waals surface area contributed by atoms with Gasteiger partial charge in [-0.25, -0.2) is 0 Å². The molecule has 5 heteroatoms. The fourth-order valence-electron chi connectivity index (χ4n) is 1.91. The molecule has 1 atom stereocenters. The Morgan fingerprint density at radius 3 is 1.72 bits per heavy atom. The molecule has 0 radical (unpaired) electrons. The van der Waals surface area contributed by atoms with Crippen LogP contribution < -0.4 is 0 Å². The summed E-state index contributed by atoms with van der Waals surface area (Å²) in [6, 6.07) is 0. The van der Waals surface area contributed by atoms with Gasteiger partial charge in [0.15, 0.2) is 0 Å². The van der Waals surface area contributed by atoms with Gasteiger partial charge in [-0.1, -0.05) is 0 Å². The number of hydrogen-bond acceptors (Lipinski definition) is 2. The van der Waals surface area contributed by atoms with Crippen molar-refractivity contribution in [3.63, 3.8) is 0 Å². The van der Waals surface area contributed by atoms with Crippen LogP contribution in [0.2, 0.25) is 0.0125 Å². The topological polar surface area (TPSA) is 74.6 Å². The molecule has 0 aromatic rings. The van der Waals surface area contributed by atoms with Gasteiger partial charge in [0, 0.05) is 0 Å². The van der Waals surface area contributed by atoms with Crippen molar-refractivity contribution in [2.75, 3.05) is 0 Å². The molecule has 0 aromatic heterocycles. The molecule has 0 amide bonds. The molecule has 0 spiro atoms. The zero-order valence-corrected chi connectivity index (χ0v) is 14.5. The molecule has 18 heavy (non-hydrogen) atoms. The van der Waals surface area contributed by atoms with Gasteiger partial charge < -0.3 is 5.11 Å². The Hall–Kier alpha value is 0.576. The summed E-state index contributed by atoms with van der Waals surface area (Å²) in [6.07, 6.45) is 9.78. The summed E-state index contributed by atoms with van der Waals surface area (Å²) in [7, 11) is 0. The Labute approximate surface area is 143 Å². The van der Waals surface area contributed by atoms with Crippen LogP contribution in [0, 0.1) is 0 Å². The molecule has 0 saturated heterocycles. The predicted molar refractivity (Wildman–Crippen MR) is 70.9 cm³/mol. The van der Waals surface area contributed by atoms with E-state index in [4.69, 9.17) is 10.2 Å². The Kier molecular flexibility index (Phi) is 13.0. The number of rotatable bonds is 12. The van der Waals surface area contributed by atoms with E-state index in [1.54, 1.807) is 0 Å². The summed E-state index contributed by atoms with van der Waals surface area (Å²) in [4.78, 5) is 20.9. The van der Waals surface area contributed by atoms with Crippen molar-refractivity contribution in [1.29, 1.82) is 0 Å². The Morgan fingerprint density at radius 2 is 1.28 bits per heavy atom. The van der Waals surface area contributed by atoms with E-state index in [9.17, 15) is 9.59 Å². The number of carbonyl (C=O) groups is 2. The summed E-state index contributed by atoms with van der Waals surface area (Å²) >= 11 is 0.392. The Morgan fingerprint density at radius 1 is 0.833 bits per heavy atom. The van der Waals surface area contributed by atoms with Gasteiger partial charge in [0.2, 0.25) is 0 Å². The number of carboxylic acid groups (broad SMARTS) is 2. The summed E-state index contributed by atoms with van der Waals surface area (Å²) in [5.74, 6) is -1.32. The van der Waals surface area contributed by atoms with Gasteiger partial charge in [-0.3, -0.25) is 4.79 Å². The van der Waals surface area contributed by atoms with Crippen molar-refractivity contribution in [2.24, 2.45) is 0 Å². The molecule has 4 nitrogen and oxygen atoms in total. The summed E-state index contributed by atoms with van der Waals surface area (Å²) in [5.41, 5.74) is 0. The van der Waals surface area contributed by atoms with Crippen LogP contribution in [0.4, 0.5) is 0 Å². The van der Waals surface area contributed by atoms with Crippen LogP contribution in [0.25, 0.3) is 0 Å². The third-order valence-electron chi connectivity index (χ3n) is 3.20. The van der Waals surface area contributed by atoms with E-state index in [2.05, 4.69) is 0 Å². The van der Waals surface area contributed by atoms with E-state index in [1.165, 1.54) is 19.3 Å². The van der Waals surface area contributed by atoms with Gasteiger partial charge in [-0.05, 0) is 0 Å². The standard InChI is InChI=1S/C13H23O4.K/c14-12(15)10-8-6-4-2-1-3-5-7-9-11-13(16)17;/h10H,1-9,11H2,(H,14,15)(H,16,17);. The molecule has 0 fully saturated rings. The van der Waals surface area contributed by atoms with Gasteiger partial charge >= 0.3 is 135 Å². The second-order valence-electron chi connectivity index (χ2n) is 5.00. The maximum absolute atomic E-state index is 10.6. The molecule has 0 aromatic carbocycles. The molecule has 0 bridgehead atoms. The molecule has 2 N–H and O–H groups in total. The first kappa shape index (κ1) is 18.6. The molecule has 0 aliphatic carbocycles. The van der Waals surface area contributed by atoms with Crippen molar-refractivity contribution in [2.45, 2.75) is 64.2 Å². The van der Waals surface area contributed by atoms with Crippen LogP contribution in [-0.4, -0.2) is 71.1 Å². The fraction of sp³-hybridized carbons (Fsp3) is 0.846. The zero-order chi connectivity index (χ0) is 13.8. The van der Waals surface area contributed by atoms with Crippen molar-refractivity contribution >= 4 is 60.9 Å². The van der Waals surface area contributed by atoms with Crippen LogP contribution in [0.1, 0.15) is 64.2 Å². The van der Waals surface area contributed by atoms with Crippen molar-refractivity contribution in [3.05, 3.63) is 0 Å². The number of carboxylic acids is 2. The van der Waals surface area contributed by atoms with E-state index in [0.717, 1.165) is 38.5 Å². The predicted octanol–water partition coefficient (Wildman–Crippen LogP) is 3.01. The summed E-state index contributed by atoms with van der Waals surface area (Å²) < 4.78 is -0.0338. The monoisotopic (exact) mass is 282 g/mol. The SMILES string of the molecule is O=C(O)CCCCCCCCCC[CH]([K])C(=O)O. The first-order chi connectivity index (χ1) is 8.54. The van der Waals surface area contributed by atoms with E-state index >= 15 is 0 Å². The van der Waals surface area contributed by atoms with E-state index < -0.39 is 11.9 Å². The number of aliphatic carboxylic acids is 2. The molecule has 1 unspecified atom stereocenters. The van der Waals surface area contributed by atoms with Crippen LogP contribution in [0.5, 0.6) is 0 Å². The quantitative estimate of drug-likeness (QED) is 0.426. The first-order valence-corrected chi connectivity index (χ1v) is 8.79. The third-order valence-corrected chi connectivity index (χ3v) is 4.87. The molecule has 0 saturated carbocycles. The van der Waals surface area contributed by atoms with Gasteiger partial charge in [-0.15, -0.1) is 0 Å². The van der Waals surface area contributed by atoms with Crippen LogP contribution >= 0.6 is 0 Å². The van der Waals surface area contributed by atoms with E-state index in [0.29, 0.717) is 55.4 Å². The summed E-state index contributed by atoms with van der Waals surface area (Å²) in [6.45, 7) is 0. The Bertz CT molecular complexity index is 243. The first-order valence-electron chi connectivity index (χ1n) is 6.98. The van der Waals surface area contributed by atoms with E-state index in [-0.39, 0.29) is 0.0125 Å². The molecule has 0 aliphatic rings. The van der Waals surface area contributed by atoms with Crippen LogP contribution in [-0.2, 0) is 9.59 Å². The molecule has 0 rings (SSSR count). The molecular formula is C13H23KO4.